The number of aryl methyl sites for hydroxylation is 1. The molecule has 6 heteroatoms. The standard InChI is InChI=1S/C15H20N4O2/c1-11(16)15(20)17-6-7-21-14-5-3-4-12(8-14)13-9-18-19(2)10-13/h3-5,8-11H,6-7,16H2,1-2H3,(H,17,20). The van der Waals surface area contributed by atoms with Crippen molar-refractivity contribution in [2.24, 2.45) is 12.8 Å². The van der Waals surface area contributed by atoms with Gasteiger partial charge in [0, 0.05) is 18.8 Å². The van der Waals surface area contributed by atoms with Gasteiger partial charge in [0.1, 0.15) is 12.4 Å². The highest BCUT2D eigenvalue weighted by atomic mass is 16.5. The topological polar surface area (TPSA) is 82.2 Å². The van der Waals surface area contributed by atoms with Crippen molar-refractivity contribution in [2.45, 2.75) is 13.0 Å². The van der Waals surface area contributed by atoms with Gasteiger partial charge < -0.3 is 15.8 Å². The van der Waals surface area contributed by atoms with Gasteiger partial charge in [-0.05, 0) is 24.6 Å². The van der Waals surface area contributed by atoms with Crippen LogP contribution in [0.5, 0.6) is 5.75 Å². The Labute approximate surface area is 123 Å². The lowest BCUT2D eigenvalue weighted by molar-refractivity contribution is -0.122. The van der Waals surface area contributed by atoms with Crippen LogP contribution in [0.15, 0.2) is 36.7 Å². The summed E-state index contributed by atoms with van der Waals surface area (Å²) in [5, 5.41) is 6.85. The number of hydrogen-bond acceptors (Lipinski definition) is 4. The molecule has 1 aromatic heterocycles. The van der Waals surface area contributed by atoms with E-state index in [-0.39, 0.29) is 5.91 Å². The molecule has 0 bridgehead atoms. The van der Waals surface area contributed by atoms with Crippen molar-refractivity contribution in [2.75, 3.05) is 13.2 Å². The molecule has 2 aromatic rings. The molecule has 1 unspecified atom stereocenters. The van der Waals surface area contributed by atoms with Gasteiger partial charge in [-0.25, -0.2) is 0 Å². The molecule has 0 fully saturated rings. The van der Waals surface area contributed by atoms with Crippen LogP contribution in [0.2, 0.25) is 0 Å². The van der Waals surface area contributed by atoms with Gasteiger partial charge in [0.2, 0.25) is 5.91 Å². The molecule has 3 N–H and O–H groups in total. The van der Waals surface area contributed by atoms with Crippen molar-refractivity contribution in [1.29, 1.82) is 0 Å². The summed E-state index contributed by atoms with van der Waals surface area (Å²) < 4.78 is 7.38. The van der Waals surface area contributed by atoms with Gasteiger partial charge in [-0.3, -0.25) is 9.48 Å². The van der Waals surface area contributed by atoms with E-state index < -0.39 is 6.04 Å². The number of benzene rings is 1. The molecule has 1 aromatic carbocycles. The molecule has 1 atom stereocenters. The number of aromatic nitrogens is 2. The molecular weight excluding hydrogens is 268 g/mol. The highest BCUT2D eigenvalue weighted by Crippen LogP contribution is 2.23. The maximum atomic E-state index is 11.3. The fraction of sp³-hybridized carbons (Fsp3) is 0.333. The Morgan fingerprint density at radius 3 is 2.95 bits per heavy atom. The highest BCUT2D eigenvalue weighted by molar-refractivity contribution is 5.80. The molecular formula is C15H20N4O2. The summed E-state index contributed by atoms with van der Waals surface area (Å²) in [6.07, 6.45) is 3.75. The smallest absolute Gasteiger partial charge is 0.236 e. The Morgan fingerprint density at radius 2 is 2.29 bits per heavy atom. The van der Waals surface area contributed by atoms with E-state index in [9.17, 15) is 4.79 Å². The number of rotatable bonds is 6. The van der Waals surface area contributed by atoms with Crippen molar-refractivity contribution in [3.05, 3.63) is 36.7 Å². The van der Waals surface area contributed by atoms with E-state index in [0.717, 1.165) is 16.9 Å². The second-order valence-electron chi connectivity index (χ2n) is 4.86. The Morgan fingerprint density at radius 1 is 1.48 bits per heavy atom. The molecule has 0 aliphatic heterocycles. The van der Waals surface area contributed by atoms with Gasteiger partial charge in [-0.1, -0.05) is 12.1 Å². The van der Waals surface area contributed by atoms with Crippen LogP contribution in [0, 0.1) is 0 Å². The molecule has 0 aliphatic rings. The number of amides is 1. The molecule has 1 heterocycles. The summed E-state index contributed by atoms with van der Waals surface area (Å²) in [5.74, 6) is 0.578. The van der Waals surface area contributed by atoms with E-state index in [2.05, 4.69) is 10.4 Å². The van der Waals surface area contributed by atoms with E-state index in [4.69, 9.17) is 10.5 Å². The van der Waals surface area contributed by atoms with Crippen molar-refractivity contribution < 1.29 is 9.53 Å². The summed E-state index contributed by atoms with van der Waals surface area (Å²) in [4.78, 5) is 11.3. The number of nitrogens with one attached hydrogen (secondary N) is 1. The zero-order chi connectivity index (χ0) is 15.2. The number of ether oxygens (including phenoxy) is 1. The van der Waals surface area contributed by atoms with E-state index in [0.29, 0.717) is 13.2 Å². The maximum Gasteiger partial charge on any atom is 0.236 e. The van der Waals surface area contributed by atoms with Gasteiger partial charge in [-0.15, -0.1) is 0 Å². The predicted octanol–water partition coefficient (Wildman–Crippen LogP) is 0.929. The normalized spacial score (nSPS) is 12.0. The van der Waals surface area contributed by atoms with Crippen LogP contribution in [0.4, 0.5) is 0 Å². The first-order chi connectivity index (χ1) is 10.1. The SMILES string of the molecule is CC(N)C(=O)NCCOc1cccc(-c2cnn(C)c2)c1. The summed E-state index contributed by atoms with van der Waals surface area (Å²) in [6.45, 7) is 2.47. The fourth-order valence-corrected chi connectivity index (χ4v) is 1.84. The minimum atomic E-state index is -0.501. The van der Waals surface area contributed by atoms with Crippen LogP contribution < -0.4 is 15.8 Å². The first-order valence-corrected chi connectivity index (χ1v) is 6.81. The average Bonchev–Trinajstić information content (AvgIpc) is 2.90. The Bertz CT molecular complexity index is 607. The lowest BCUT2D eigenvalue weighted by Gasteiger charge is -2.10. The van der Waals surface area contributed by atoms with Crippen molar-refractivity contribution >= 4 is 5.91 Å². The second-order valence-corrected chi connectivity index (χ2v) is 4.86. The number of hydrogen-bond donors (Lipinski definition) is 2. The van der Waals surface area contributed by atoms with Gasteiger partial charge in [-0.2, -0.15) is 5.10 Å². The summed E-state index contributed by atoms with van der Waals surface area (Å²) in [6, 6.07) is 7.26. The number of nitrogens with zero attached hydrogens (tertiary/aromatic N) is 2. The van der Waals surface area contributed by atoms with Crippen LogP contribution in [0.25, 0.3) is 11.1 Å². The Balaban J connectivity index is 1.88. The lowest BCUT2D eigenvalue weighted by atomic mass is 10.1. The third-order valence-electron chi connectivity index (χ3n) is 2.96. The number of carbonyl (C=O) groups excluding carboxylic acids is 1. The Kier molecular flexibility index (Phi) is 4.94. The lowest BCUT2D eigenvalue weighted by Crippen LogP contribution is -2.40. The van der Waals surface area contributed by atoms with Crippen molar-refractivity contribution in [1.82, 2.24) is 15.1 Å². The average molecular weight is 288 g/mol. The van der Waals surface area contributed by atoms with E-state index in [1.165, 1.54) is 0 Å². The number of carbonyl (C=O) groups is 1. The summed E-state index contributed by atoms with van der Waals surface area (Å²) in [5.41, 5.74) is 7.53. The van der Waals surface area contributed by atoms with Gasteiger partial charge in [0.05, 0.1) is 18.8 Å². The molecule has 6 nitrogen and oxygen atoms in total. The van der Waals surface area contributed by atoms with Crippen molar-refractivity contribution in [3.63, 3.8) is 0 Å². The molecule has 0 aliphatic carbocycles. The van der Waals surface area contributed by atoms with Crippen molar-refractivity contribution in [3.8, 4) is 16.9 Å². The molecule has 112 valence electrons. The zero-order valence-corrected chi connectivity index (χ0v) is 12.2. The van der Waals surface area contributed by atoms with Gasteiger partial charge >= 0.3 is 0 Å². The van der Waals surface area contributed by atoms with Crippen LogP contribution in [0.3, 0.4) is 0 Å². The third kappa shape index (κ3) is 4.32. The van der Waals surface area contributed by atoms with E-state index in [1.54, 1.807) is 11.6 Å². The minimum absolute atomic E-state index is 0.178. The Hall–Kier alpha value is -2.34. The van der Waals surface area contributed by atoms with Crippen LogP contribution in [-0.2, 0) is 11.8 Å². The van der Waals surface area contributed by atoms with Gasteiger partial charge in [0.25, 0.3) is 0 Å². The molecule has 0 spiro atoms. The monoisotopic (exact) mass is 288 g/mol. The largest absolute Gasteiger partial charge is 0.492 e. The summed E-state index contributed by atoms with van der Waals surface area (Å²) in [7, 11) is 1.88. The quantitative estimate of drug-likeness (QED) is 0.775. The van der Waals surface area contributed by atoms with E-state index >= 15 is 0 Å². The number of nitrogens with two attached hydrogens (primary N) is 1. The van der Waals surface area contributed by atoms with Crippen LogP contribution in [0.1, 0.15) is 6.92 Å². The zero-order valence-electron chi connectivity index (χ0n) is 12.2. The molecule has 0 saturated carbocycles. The van der Waals surface area contributed by atoms with Crippen LogP contribution >= 0.6 is 0 Å². The van der Waals surface area contributed by atoms with E-state index in [1.807, 2.05) is 43.7 Å². The third-order valence-corrected chi connectivity index (χ3v) is 2.96. The molecule has 2 rings (SSSR count). The molecule has 0 saturated heterocycles. The second kappa shape index (κ2) is 6.90. The summed E-state index contributed by atoms with van der Waals surface area (Å²) >= 11 is 0. The first kappa shape index (κ1) is 15.1. The van der Waals surface area contributed by atoms with Crippen LogP contribution in [-0.4, -0.2) is 34.9 Å². The molecule has 1 amide bonds. The predicted molar refractivity (Wildman–Crippen MR) is 80.8 cm³/mol. The first-order valence-electron chi connectivity index (χ1n) is 6.81. The highest BCUT2D eigenvalue weighted by Gasteiger charge is 2.06. The maximum absolute atomic E-state index is 11.3. The van der Waals surface area contributed by atoms with Gasteiger partial charge in [0.15, 0.2) is 0 Å². The molecule has 21 heavy (non-hydrogen) atoms. The minimum Gasteiger partial charge on any atom is -0.492 e. The fourth-order valence-electron chi connectivity index (χ4n) is 1.84. The molecule has 0 radical (unpaired) electrons.